The van der Waals surface area contributed by atoms with Gasteiger partial charge in [-0.1, -0.05) is 24.6 Å². The van der Waals surface area contributed by atoms with Gasteiger partial charge in [-0.25, -0.2) is 9.98 Å². The number of carbonyl (C=O) groups excluding carboxylic acids is 1. The summed E-state index contributed by atoms with van der Waals surface area (Å²) in [6, 6.07) is 3.72. The summed E-state index contributed by atoms with van der Waals surface area (Å²) in [7, 11) is 0. The molecule has 1 heterocycles. The predicted molar refractivity (Wildman–Crippen MR) is 90.2 cm³/mol. The molecule has 0 aliphatic rings. The number of amides is 1. The van der Waals surface area contributed by atoms with Gasteiger partial charge in [0.2, 0.25) is 5.91 Å². The van der Waals surface area contributed by atoms with Crippen molar-refractivity contribution in [3.8, 4) is 0 Å². The fourth-order valence-corrected chi connectivity index (χ4v) is 1.80. The summed E-state index contributed by atoms with van der Waals surface area (Å²) < 4.78 is 0. The van der Waals surface area contributed by atoms with Crippen LogP contribution in [-0.4, -0.2) is 43.0 Å². The van der Waals surface area contributed by atoms with E-state index in [4.69, 9.17) is 11.6 Å². The van der Waals surface area contributed by atoms with Gasteiger partial charge in [0.15, 0.2) is 5.96 Å². The van der Waals surface area contributed by atoms with Crippen molar-refractivity contribution < 1.29 is 4.79 Å². The fourth-order valence-electron chi connectivity index (χ4n) is 1.69. The maximum Gasteiger partial charge on any atom is 0.241 e. The highest BCUT2D eigenvalue weighted by Crippen LogP contribution is 2.05. The van der Waals surface area contributed by atoms with Gasteiger partial charge in [0.1, 0.15) is 11.7 Å². The van der Waals surface area contributed by atoms with Gasteiger partial charge < -0.3 is 16.0 Å². The van der Waals surface area contributed by atoms with Gasteiger partial charge >= 0.3 is 0 Å². The van der Waals surface area contributed by atoms with Crippen LogP contribution in [0.3, 0.4) is 0 Å². The third-order valence-corrected chi connectivity index (χ3v) is 3.02. The first kappa shape index (κ1) is 18.2. The fraction of sp³-hybridized carbons (Fsp3) is 0.533. The van der Waals surface area contributed by atoms with Crippen LogP contribution in [0.1, 0.15) is 25.8 Å². The first-order valence-corrected chi connectivity index (χ1v) is 7.92. The van der Waals surface area contributed by atoms with E-state index in [-0.39, 0.29) is 12.5 Å². The molecular formula is C15H24ClN5O. The van der Waals surface area contributed by atoms with E-state index < -0.39 is 0 Å². The van der Waals surface area contributed by atoms with Crippen LogP contribution in [0.5, 0.6) is 0 Å². The molecule has 1 aromatic rings. The molecule has 0 spiro atoms. The van der Waals surface area contributed by atoms with Crippen LogP contribution in [0.15, 0.2) is 23.3 Å². The highest BCUT2D eigenvalue weighted by atomic mass is 35.5. The molecule has 0 radical (unpaired) electrons. The van der Waals surface area contributed by atoms with Crippen LogP contribution in [-0.2, 0) is 11.2 Å². The Balaban J connectivity index is 2.39. The molecule has 0 atom stereocenters. The number of guanidine groups is 1. The average Bonchev–Trinajstić information content (AvgIpc) is 2.52. The average molecular weight is 326 g/mol. The Morgan fingerprint density at radius 1 is 1.23 bits per heavy atom. The second-order valence-corrected chi connectivity index (χ2v) is 5.10. The van der Waals surface area contributed by atoms with E-state index >= 15 is 0 Å². The van der Waals surface area contributed by atoms with Crippen molar-refractivity contribution in [3.63, 3.8) is 0 Å². The van der Waals surface area contributed by atoms with Crippen LogP contribution in [0.4, 0.5) is 0 Å². The lowest BCUT2D eigenvalue weighted by atomic mass is 10.2. The van der Waals surface area contributed by atoms with E-state index in [1.54, 1.807) is 12.3 Å². The Hall–Kier alpha value is -1.82. The molecular weight excluding hydrogens is 302 g/mol. The van der Waals surface area contributed by atoms with Gasteiger partial charge in [0.25, 0.3) is 0 Å². The SMILES string of the molecule is CCCNC(=O)CN=C(NCC)NCCc1ccc(Cl)nc1. The second-order valence-electron chi connectivity index (χ2n) is 4.71. The lowest BCUT2D eigenvalue weighted by Crippen LogP contribution is -2.39. The third kappa shape index (κ3) is 7.83. The van der Waals surface area contributed by atoms with Crippen molar-refractivity contribution in [2.45, 2.75) is 26.7 Å². The van der Waals surface area contributed by atoms with E-state index in [0.717, 1.165) is 24.9 Å². The molecule has 0 unspecified atom stereocenters. The summed E-state index contributed by atoms with van der Waals surface area (Å²) >= 11 is 5.75. The van der Waals surface area contributed by atoms with Gasteiger partial charge in [-0.05, 0) is 31.4 Å². The third-order valence-electron chi connectivity index (χ3n) is 2.79. The summed E-state index contributed by atoms with van der Waals surface area (Å²) in [5, 5.41) is 9.59. The standard InChI is InChI=1S/C15H24ClN5O/c1-3-8-18-14(22)11-21-15(17-4-2)19-9-7-12-5-6-13(16)20-10-12/h5-6,10H,3-4,7-9,11H2,1-2H3,(H,18,22)(H2,17,19,21). The van der Waals surface area contributed by atoms with E-state index in [2.05, 4.69) is 25.9 Å². The lowest BCUT2D eigenvalue weighted by Gasteiger charge is -2.11. The topological polar surface area (TPSA) is 78.4 Å². The molecule has 0 aliphatic heterocycles. The van der Waals surface area contributed by atoms with Crippen LogP contribution in [0.2, 0.25) is 5.15 Å². The van der Waals surface area contributed by atoms with Gasteiger partial charge in [0, 0.05) is 25.8 Å². The molecule has 0 aliphatic carbocycles. The van der Waals surface area contributed by atoms with E-state index in [1.165, 1.54) is 0 Å². The van der Waals surface area contributed by atoms with Gasteiger partial charge in [-0.15, -0.1) is 0 Å². The second kappa shape index (κ2) is 10.8. The van der Waals surface area contributed by atoms with Crippen LogP contribution in [0, 0.1) is 0 Å². The zero-order valence-electron chi connectivity index (χ0n) is 13.2. The Morgan fingerprint density at radius 2 is 2.05 bits per heavy atom. The van der Waals surface area contributed by atoms with Crippen molar-refractivity contribution in [2.24, 2.45) is 4.99 Å². The van der Waals surface area contributed by atoms with Crippen LogP contribution >= 0.6 is 11.6 Å². The highest BCUT2D eigenvalue weighted by Gasteiger charge is 2.01. The van der Waals surface area contributed by atoms with Crippen molar-refractivity contribution in [2.75, 3.05) is 26.2 Å². The number of hydrogen-bond acceptors (Lipinski definition) is 3. The monoisotopic (exact) mass is 325 g/mol. The molecule has 1 aromatic heterocycles. The minimum atomic E-state index is -0.0686. The number of rotatable bonds is 8. The Morgan fingerprint density at radius 3 is 2.68 bits per heavy atom. The Labute approximate surface area is 136 Å². The number of carbonyl (C=O) groups is 1. The smallest absolute Gasteiger partial charge is 0.241 e. The molecule has 22 heavy (non-hydrogen) atoms. The molecule has 0 saturated heterocycles. The first-order chi connectivity index (χ1) is 10.7. The molecule has 1 amide bonds. The summed E-state index contributed by atoms with van der Waals surface area (Å²) in [5.74, 6) is 0.567. The number of nitrogens with zero attached hydrogens (tertiary/aromatic N) is 2. The van der Waals surface area contributed by atoms with Crippen molar-refractivity contribution in [3.05, 3.63) is 29.0 Å². The molecule has 1 rings (SSSR count). The molecule has 0 saturated carbocycles. The number of aliphatic imine (C=N–C) groups is 1. The minimum Gasteiger partial charge on any atom is -0.357 e. The van der Waals surface area contributed by atoms with Crippen molar-refractivity contribution in [1.82, 2.24) is 20.9 Å². The van der Waals surface area contributed by atoms with E-state index in [9.17, 15) is 4.79 Å². The van der Waals surface area contributed by atoms with Crippen molar-refractivity contribution in [1.29, 1.82) is 0 Å². The molecule has 3 N–H and O–H groups in total. The largest absolute Gasteiger partial charge is 0.357 e. The van der Waals surface area contributed by atoms with E-state index in [1.807, 2.05) is 19.9 Å². The van der Waals surface area contributed by atoms with Gasteiger partial charge in [-0.2, -0.15) is 0 Å². The van der Waals surface area contributed by atoms with Gasteiger partial charge in [-0.3, -0.25) is 4.79 Å². The summed E-state index contributed by atoms with van der Waals surface area (Å²) in [4.78, 5) is 19.8. The highest BCUT2D eigenvalue weighted by molar-refractivity contribution is 6.29. The van der Waals surface area contributed by atoms with Gasteiger partial charge in [0.05, 0.1) is 0 Å². The molecule has 7 heteroatoms. The zero-order chi connectivity index (χ0) is 16.2. The number of halogens is 1. The molecule has 0 fully saturated rings. The summed E-state index contributed by atoms with van der Waals surface area (Å²) in [6.45, 7) is 6.24. The normalized spacial score (nSPS) is 11.1. The number of hydrogen-bond donors (Lipinski definition) is 3. The van der Waals surface area contributed by atoms with E-state index in [0.29, 0.717) is 24.2 Å². The molecule has 0 bridgehead atoms. The number of aromatic nitrogens is 1. The maximum absolute atomic E-state index is 11.5. The Kier molecular flexibility index (Phi) is 8.98. The first-order valence-electron chi connectivity index (χ1n) is 7.55. The van der Waals surface area contributed by atoms with Crippen molar-refractivity contribution >= 4 is 23.5 Å². The summed E-state index contributed by atoms with van der Waals surface area (Å²) in [6.07, 6.45) is 3.48. The Bertz CT molecular complexity index is 475. The zero-order valence-corrected chi connectivity index (χ0v) is 13.9. The van der Waals surface area contributed by atoms with Crippen LogP contribution in [0.25, 0.3) is 0 Å². The lowest BCUT2D eigenvalue weighted by molar-refractivity contribution is -0.119. The number of pyridine rings is 1. The molecule has 0 aromatic carbocycles. The molecule has 6 nitrogen and oxygen atoms in total. The summed E-state index contributed by atoms with van der Waals surface area (Å²) in [5.41, 5.74) is 1.09. The van der Waals surface area contributed by atoms with Crippen LogP contribution < -0.4 is 16.0 Å². The maximum atomic E-state index is 11.5. The molecule has 122 valence electrons. The predicted octanol–water partition coefficient (Wildman–Crippen LogP) is 1.36. The minimum absolute atomic E-state index is 0.0686. The quantitative estimate of drug-likeness (QED) is 0.383. The number of nitrogens with one attached hydrogen (secondary N) is 3.